The summed E-state index contributed by atoms with van der Waals surface area (Å²) in [7, 11) is -3.84. The van der Waals surface area contributed by atoms with Gasteiger partial charge in [-0.05, 0) is 61.4 Å². The van der Waals surface area contributed by atoms with Gasteiger partial charge in [0.25, 0.3) is 0 Å². The maximum Gasteiger partial charge on any atom is 0.244 e. The van der Waals surface area contributed by atoms with E-state index in [1.54, 1.807) is 55.5 Å². The molecule has 3 aromatic carbocycles. The lowest BCUT2D eigenvalue weighted by Crippen LogP contribution is -2.51. The van der Waals surface area contributed by atoms with Crippen LogP contribution in [0.3, 0.4) is 0 Å². The van der Waals surface area contributed by atoms with E-state index in [1.807, 2.05) is 37.3 Å². The molecule has 10 heteroatoms. The van der Waals surface area contributed by atoms with Crippen LogP contribution in [0.5, 0.6) is 11.5 Å². The third-order valence-corrected chi connectivity index (χ3v) is 7.59. The van der Waals surface area contributed by atoms with Crippen molar-refractivity contribution in [3.63, 3.8) is 0 Å². The summed E-state index contributed by atoms with van der Waals surface area (Å²) in [4.78, 5) is 27.9. The van der Waals surface area contributed by atoms with Gasteiger partial charge in [0.05, 0.1) is 11.9 Å². The number of sulfonamides is 1. The second-order valence-electron chi connectivity index (χ2n) is 9.11. The predicted molar refractivity (Wildman–Crippen MR) is 155 cm³/mol. The Morgan fingerprint density at radius 2 is 1.56 bits per heavy atom. The lowest BCUT2D eigenvalue weighted by Gasteiger charge is -2.31. The highest BCUT2D eigenvalue weighted by molar-refractivity contribution is 7.92. The van der Waals surface area contributed by atoms with E-state index in [4.69, 9.17) is 16.3 Å². The third kappa shape index (κ3) is 8.73. The number of nitrogens with zero attached hydrogens (tertiary/aromatic N) is 2. The Hall–Kier alpha value is -3.56. The van der Waals surface area contributed by atoms with Gasteiger partial charge in [0.2, 0.25) is 21.8 Å². The molecule has 3 aromatic rings. The number of anilines is 1. The molecule has 208 valence electrons. The van der Waals surface area contributed by atoms with Gasteiger partial charge in [0, 0.05) is 18.1 Å². The number of nitrogens with one attached hydrogen (secondary N) is 1. The zero-order valence-electron chi connectivity index (χ0n) is 22.3. The van der Waals surface area contributed by atoms with Gasteiger partial charge < -0.3 is 15.0 Å². The van der Waals surface area contributed by atoms with Crippen LogP contribution >= 0.6 is 11.6 Å². The van der Waals surface area contributed by atoms with Crippen molar-refractivity contribution in [1.29, 1.82) is 0 Å². The number of para-hydroxylation sites is 1. The minimum atomic E-state index is -3.84. The highest BCUT2D eigenvalue weighted by Gasteiger charge is 2.30. The van der Waals surface area contributed by atoms with E-state index >= 15 is 0 Å². The Labute approximate surface area is 235 Å². The van der Waals surface area contributed by atoms with Crippen molar-refractivity contribution < 1.29 is 22.7 Å². The minimum Gasteiger partial charge on any atom is -0.457 e. The zero-order chi connectivity index (χ0) is 28.4. The summed E-state index contributed by atoms with van der Waals surface area (Å²) in [5.74, 6) is 0.296. The first-order valence-corrected chi connectivity index (χ1v) is 14.9. The molecule has 0 saturated carbocycles. The first kappa shape index (κ1) is 30.0. The number of carbonyl (C=O) groups excluding carboxylic acids is 2. The molecule has 0 spiro atoms. The van der Waals surface area contributed by atoms with Gasteiger partial charge in [-0.3, -0.25) is 13.9 Å². The van der Waals surface area contributed by atoms with E-state index < -0.39 is 28.5 Å². The fourth-order valence-electron chi connectivity index (χ4n) is 3.85. The molecule has 0 bridgehead atoms. The van der Waals surface area contributed by atoms with E-state index in [0.29, 0.717) is 34.3 Å². The van der Waals surface area contributed by atoms with Crippen LogP contribution in [0.25, 0.3) is 0 Å². The Morgan fingerprint density at radius 3 is 2.18 bits per heavy atom. The van der Waals surface area contributed by atoms with Gasteiger partial charge in [0.15, 0.2) is 0 Å². The van der Waals surface area contributed by atoms with E-state index in [2.05, 4.69) is 5.32 Å². The molecule has 0 aliphatic carbocycles. The second-order valence-corrected chi connectivity index (χ2v) is 11.4. The van der Waals surface area contributed by atoms with E-state index in [-0.39, 0.29) is 12.5 Å². The number of hydrogen-bond acceptors (Lipinski definition) is 5. The summed E-state index contributed by atoms with van der Waals surface area (Å²) >= 11 is 6.35. The van der Waals surface area contributed by atoms with Gasteiger partial charge in [-0.1, -0.05) is 61.3 Å². The SMILES string of the molecule is CCCCNC(=O)[C@@H](C)N(Cc1ccccc1Cl)C(=O)CN(c1ccc(Oc2ccccc2)cc1)S(C)(=O)=O. The average Bonchev–Trinajstić information content (AvgIpc) is 2.91. The smallest absolute Gasteiger partial charge is 0.244 e. The number of unbranched alkanes of at least 4 members (excludes halogenated alkanes) is 1. The van der Waals surface area contributed by atoms with Crippen molar-refractivity contribution in [2.45, 2.75) is 39.3 Å². The predicted octanol–water partition coefficient (Wildman–Crippen LogP) is 5.23. The Morgan fingerprint density at radius 1 is 0.949 bits per heavy atom. The summed E-state index contributed by atoms with van der Waals surface area (Å²) in [6.07, 6.45) is 2.76. The van der Waals surface area contributed by atoms with Gasteiger partial charge in [0.1, 0.15) is 24.1 Å². The largest absolute Gasteiger partial charge is 0.457 e. The van der Waals surface area contributed by atoms with Crippen molar-refractivity contribution >= 4 is 39.1 Å². The standard InChI is InChI=1S/C29H34ClN3O5S/c1-4-5-19-31-29(35)22(2)32(20-23-11-9-10-14-27(23)30)28(34)21-33(39(3,36)37)24-15-17-26(18-16-24)38-25-12-7-6-8-13-25/h6-18,22H,4-5,19-21H2,1-3H3,(H,31,35)/t22-/m1/s1. The number of benzene rings is 3. The van der Waals surface area contributed by atoms with Gasteiger partial charge >= 0.3 is 0 Å². The summed E-state index contributed by atoms with van der Waals surface area (Å²) in [6, 6.07) is 21.8. The van der Waals surface area contributed by atoms with Crippen molar-refractivity contribution in [3.8, 4) is 11.5 Å². The summed E-state index contributed by atoms with van der Waals surface area (Å²) in [6.45, 7) is 3.68. The molecule has 8 nitrogen and oxygen atoms in total. The van der Waals surface area contributed by atoms with Crippen molar-refractivity contribution in [3.05, 3.63) is 89.4 Å². The number of carbonyl (C=O) groups is 2. The molecule has 0 aliphatic heterocycles. The Kier molecular flexibility index (Phi) is 10.8. The van der Waals surface area contributed by atoms with E-state index in [9.17, 15) is 18.0 Å². The lowest BCUT2D eigenvalue weighted by molar-refractivity contribution is -0.139. The molecular weight excluding hydrogens is 538 g/mol. The number of halogens is 1. The van der Waals surface area contributed by atoms with Crippen LogP contribution in [0.15, 0.2) is 78.9 Å². The molecule has 0 radical (unpaired) electrons. The summed E-state index contributed by atoms with van der Waals surface area (Å²) < 4.78 is 32.4. The number of amides is 2. The summed E-state index contributed by atoms with van der Waals surface area (Å²) in [5, 5.41) is 3.30. The molecule has 1 N–H and O–H groups in total. The molecule has 3 rings (SSSR count). The van der Waals surface area contributed by atoms with Gasteiger partial charge in [-0.15, -0.1) is 0 Å². The Balaban J connectivity index is 1.85. The van der Waals surface area contributed by atoms with Crippen LogP contribution in [-0.4, -0.2) is 50.5 Å². The quantitative estimate of drug-likeness (QED) is 0.283. The number of ether oxygens (including phenoxy) is 1. The molecule has 2 amide bonds. The molecule has 0 fully saturated rings. The number of rotatable bonds is 13. The number of hydrogen-bond donors (Lipinski definition) is 1. The van der Waals surface area contributed by atoms with Crippen LogP contribution < -0.4 is 14.4 Å². The summed E-state index contributed by atoms with van der Waals surface area (Å²) in [5.41, 5.74) is 0.943. The first-order valence-electron chi connectivity index (χ1n) is 12.7. The monoisotopic (exact) mass is 571 g/mol. The first-order chi connectivity index (χ1) is 18.6. The van der Waals surface area contributed by atoms with Crippen molar-refractivity contribution in [2.75, 3.05) is 23.7 Å². The zero-order valence-corrected chi connectivity index (χ0v) is 23.9. The second kappa shape index (κ2) is 14.0. The van der Waals surface area contributed by atoms with E-state index in [1.165, 1.54) is 4.90 Å². The topological polar surface area (TPSA) is 96.0 Å². The molecule has 0 unspecified atom stereocenters. The third-order valence-electron chi connectivity index (χ3n) is 6.08. The normalized spacial score (nSPS) is 11.9. The maximum atomic E-state index is 13.6. The molecule has 0 aromatic heterocycles. The molecule has 39 heavy (non-hydrogen) atoms. The van der Waals surface area contributed by atoms with Crippen LogP contribution in [0, 0.1) is 0 Å². The van der Waals surface area contributed by atoms with Gasteiger partial charge in [-0.2, -0.15) is 0 Å². The average molecular weight is 572 g/mol. The Bertz CT molecular complexity index is 1350. The van der Waals surface area contributed by atoms with Crippen LogP contribution in [0.1, 0.15) is 32.3 Å². The van der Waals surface area contributed by atoms with Crippen LogP contribution in [0.2, 0.25) is 5.02 Å². The maximum absolute atomic E-state index is 13.6. The molecule has 0 heterocycles. The fraction of sp³-hybridized carbons (Fsp3) is 0.310. The van der Waals surface area contributed by atoms with E-state index in [0.717, 1.165) is 23.4 Å². The van der Waals surface area contributed by atoms with Crippen LogP contribution in [0.4, 0.5) is 5.69 Å². The molecule has 0 saturated heterocycles. The molecular formula is C29H34ClN3O5S. The highest BCUT2D eigenvalue weighted by atomic mass is 35.5. The molecule has 0 aliphatic rings. The minimum absolute atomic E-state index is 0.0440. The lowest BCUT2D eigenvalue weighted by atomic mass is 10.1. The fourth-order valence-corrected chi connectivity index (χ4v) is 4.89. The van der Waals surface area contributed by atoms with Gasteiger partial charge in [-0.25, -0.2) is 8.42 Å². The molecule has 1 atom stereocenters. The highest BCUT2D eigenvalue weighted by Crippen LogP contribution is 2.26. The van der Waals surface area contributed by atoms with Crippen molar-refractivity contribution in [1.82, 2.24) is 10.2 Å². The van der Waals surface area contributed by atoms with Crippen LogP contribution in [-0.2, 0) is 26.2 Å². The van der Waals surface area contributed by atoms with Crippen molar-refractivity contribution in [2.24, 2.45) is 0 Å².